The van der Waals surface area contributed by atoms with Crippen LogP contribution in [0.3, 0.4) is 0 Å². The van der Waals surface area contributed by atoms with Crippen molar-refractivity contribution in [3.05, 3.63) is 70.9 Å². The number of allylic oxidation sites excluding steroid dienone is 11. The zero-order valence-electron chi connectivity index (χ0n) is 8.83. The molecule has 0 unspecified atom stereocenters. The van der Waals surface area contributed by atoms with Crippen molar-refractivity contribution in [2.24, 2.45) is 0 Å². The Labute approximate surface area is 106 Å². The van der Waals surface area contributed by atoms with E-state index in [1.807, 2.05) is 42.3 Å². The molecule has 0 atom stereocenters. The van der Waals surface area contributed by atoms with E-state index in [0.717, 1.165) is 11.1 Å². The molecule has 0 aromatic heterocycles. The fourth-order valence-electron chi connectivity index (χ4n) is 1.06. The predicted octanol–water partition coefficient (Wildman–Crippen LogP) is 2.02. The summed E-state index contributed by atoms with van der Waals surface area (Å²) in [6.07, 6.45) is 14.6. The fraction of sp³-hybridized carbons (Fsp3) is 0.0769. The molecule has 3 heteroatoms. The van der Waals surface area contributed by atoms with Crippen LogP contribution in [0.25, 0.3) is 5.41 Å². The van der Waals surface area contributed by atoms with Crippen molar-refractivity contribution < 1.29 is 22.2 Å². The normalized spacial score (nSPS) is 14.3. The summed E-state index contributed by atoms with van der Waals surface area (Å²) in [6, 6.07) is 0. The van der Waals surface area contributed by atoms with E-state index in [2.05, 4.69) is 0 Å². The van der Waals surface area contributed by atoms with Gasteiger partial charge in [0.05, 0.1) is 0 Å². The van der Waals surface area contributed by atoms with Crippen LogP contribution in [0.15, 0.2) is 65.5 Å². The number of nitrogens with zero attached hydrogens (tertiary/aromatic N) is 1. The molecule has 0 N–H and O–H groups in total. The molecule has 0 saturated carbocycles. The maximum atomic E-state index is 10.5. The molecule has 0 aliphatic heterocycles. The van der Waals surface area contributed by atoms with Gasteiger partial charge < -0.3 is 10.5 Å². The SMILES string of the molecule is CC([O-])=C1C=CC=C1.[Fe+2].[N-]=C=C1C=CC=C1. The van der Waals surface area contributed by atoms with Crippen molar-refractivity contribution in [1.29, 1.82) is 0 Å². The Balaban J connectivity index is 0.000000267. The van der Waals surface area contributed by atoms with Crippen LogP contribution in [0, 0.1) is 0 Å². The molecule has 82 valence electrons. The molecule has 2 rings (SSSR count). The largest absolute Gasteiger partial charge is 2.00 e. The number of hydrogen-bond donors (Lipinski definition) is 0. The van der Waals surface area contributed by atoms with E-state index in [4.69, 9.17) is 5.41 Å². The summed E-state index contributed by atoms with van der Waals surface area (Å²) in [4.78, 5) is 0. The van der Waals surface area contributed by atoms with Crippen LogP contribution in [-0.4, -0.2) is 5.87 Å². The summed E-state index contributed by atoms with van der Waals surface area (Å²) in [5.74, 6) is 2.14. The topological polar surface area (TPSA) is 45.4 Å². The Hall–Kier alpha value is -1.53. The zero-order chi connectivity index (χ0) is 11.1. The van der Waals surface area contributed by atoms with Gasteiger partial charge in [0, 0.05) is 0 Å². The van der Waals surface area contributed by atoms with Gasteiger partial charge in [-0.05, 0) is 23.3 Å². The zero-order valence-corrected chi connectivity index (χ0v) is 9.93. The molecular weight excluding hydrogens is 242 g/mol. The molecule has 0 heterocycles. The first-order valence-electron chi connectivity index (χ1n) is 4.58. The Kier molecular flexibility index (Phi) is 6.98. The van der Waals surface area contributed by atoms with E-state index in [0.29, 0.717) is 0 Å². The van der Waals surface area contributed by atoms with Gasteiger partial charge in [-0.3, -0.25) is 5.87 Å². The maximum Gasteiger partial charge on any atom is 2.00 e. The third-order valence-corrected chi connectivity index (χ3v) is 1.86. The molecule has 0 saturated heterocycles. The fourth-order valence-corrected chi connectivity index (χ4v) is 1.06. The van der Waals surface area contributed by atoms with Crippen molar-refractivity contribution in [2.75, 3.05) is 0 Å². The molecule has 0 bridgehead atoms. The molecular formula is C13H11FeNO. The Morgan fingerprint density at radius 1 is 1.06 bits per heavy atom. The molecule has 16 heavy (non-hydrogen) atoms. The summed E-state index contributed by atoms with van der Waals surface area (Å²) in [7, 11) is 0. The van der Waals surface area contributed by atoms with Gasteiger partial charge in [-0.15, -0.1) is 5.76 Å². The molecule has 0 aromatic rings. The Morgan fingerprint density at radius 3 is 1.75 bits per heavy atom. The molecule has 0 spiro atoms. The van der Waals surface area contributed by atoms with Crippen LogP contribution in [0.4, 0.5) is 0 Å². The predicted molar refractivity (Wildman–Crippen MR) is 61.1 cm³/mol. The molecule has 2 aliphatic rings. The van der Waals surface area contributed by atoms with Crippen molar-refractivity contribution >= 4 is 5.87 Å². The van der Waals surface area contributed by atoms with Gasteiger partial charge in [0.2, 0.25) is 0 Å². The summed E-state index contributed by atoms with van der Waals surface area (Å²) in [5.41, 5.74) is 1.53. The van der Waals surface area contributed by atoms with E-state index in [1.54, 1.807) is 19.1 Å². The van der Waals surface area contributed by atoms with Crippen LogP contribution in [0.2, 0.25) is 0 Å². The quantitative estimate of drug-likeness (QED) is 0.370. The van der Waals surface area contributed by atoms with Crippen LogP contribution in [0.5, 0.6) is 0 Å². The van der Waals surface area contributed by atoms with E-state index < -0.39 is 0 Å². The summed E-state index contributed by atoms with van der Waals surface area (Å²) in [6.45, 7) is 1.56. The van der Waals surface area contributed by atoms with E-state index in [9.17, 15) is 5.11 Å². The second-order valence-corrected chi connectivity index (χ2v) is 3.02. The first-order chi connectivity index (χ1) is 7.24. The van der Waals surface area contributed by atoms with Crippen LogP contribution in [-0.2, 0) is 17.1 Å². The van der Waals surface area contributed by atoms with Crippen LogP contribution in [0.1, 0.15) is 6.92 Å². The number of rotatable bonds is 0. The minimum Gasteiger partial charge on any atom is -0.875 e. The van der Waals surface area contributed by atoms with Crippen molar-refractivity contribution in [2.45, 2.75) is 6.92 Å². The molecule has 0 amide bonds. The summed E-state index contributed by atoms with van der Waals surface area (Å²) < 4.78 is 0. The molecule has 0 fully saturated rings. The van der Waals surface area contributed by atoms with Gasteiger partial charge in [-0.2, -0.15) is 0 Å². The molecule has 2 nitrogen and oxygen atoms in total. The van der Waals surface area contributed by atoms with Gasteiger partial charge in [0.25, 0.3) is 0 Å². The second kappa shape index (κ2) is 7.72. The van der Waals surface area contributed by atoms with Crippen molar-refractivity contribution in [1.82, 2.24) is 0 Å². The van der Waals surface area contributed by atoms with Crippen LogP contribution >= 0.6 is 0 Å². The molecule has 0 aromatic carbocycles. The Morgan fingerprint density at radius 2 is 1.50 bits per heavy atom. The van der Waals surface area contributed by atoms with Gasteiger partial charge >= 0.3 is 17.1 Å². The monoisotopic (exact) mass is 253 g/mol. The summed E-state index contributed by atoms with van der Waals surface area (Å²) in [5, 5.41) is 18.7. The maximum absolute atomic E-state index is 10.5. The third kappa shape index (κ3) is 4.81. The van der Waals surface area contributed by atoms with Gasteiger partial charge in [0.15, 0.2) is 0 Å². The molecule has 0 radical (unpaired) electrons. The molecule has 2 aliphatic carbocycles. The van der Waals surface area contributed by atoms with E-state index in [-0.39, 0.29) is 22.8 Å². The second-order valence-electron chi connectivity index (χ2n) is 3.02. The first-order valence-corrected chi connectivity index (χ1v) is 4.58. The average Bonchev–Trinajstić information content (AvgIpc) is 2.92. The van der Waals surface area contributed by atoms with Crippen molar-refractivity contribution in [3.8, 4) is 0 Å². The standard InChI is InChI=1S/C7H8O.C6H4N.Fe/c1-6(8)7-4-2-3-5-7;7-5-6-3-1-2-4-6;/h2-5,8H,1H3;1-4H;/q;-1;+2/p-1. The van der Waals surface area contributed by atoms with Crippen molar-refractivity contribution in [3.63, 3.8) is 0 Å². The number of hydrogen-bond acceptors (Lipinski definition) is 1. The van der Waals surface area contributed by atoms with Crippen LogP contribution < -0.4 is 5.11 Å². The van der Waals surface area contributed by atoms with E-state index >= 15 is 0 Å². The van der Waals surface area contributed by atoms with Gasteiger partial charge in [0.1, 0.15) is 0 Å². The Bertz CT molecular complexity index is 401. The van der Waals surface area contributed by atoms with E-state index in [1.165, 1.54) is 0 Å². The van der Waals surface area contributed by atoms with Gasteiger partial charge in [-0.1, -0.05) is 43.4 Å². The minimum absolute atomic E-state index is 0. The van der Waals surface area contributed by atoms with Gasteiger partial charge in [-0.25, -0.2) is 0 Å². The summed E-state index contributed by atoms with van der Waals surface area (Å²) >= 11 is 0. The average molecular weight is 253 g/mol. The third-order valence-electron chi connectivity index (χ3n) is 1.86. The smallest absolute Gasteiger partial charge is 0.875 e. The minimum atomic E-state index is 0. The first kappa shape index (κ1) is 14.5.